The Morgan fingerprint density at radius 3 is 2.15 bits per heavy atom. The van der Waals surface area contributed by atoms with Gasteiger partial charge < -0.3 is 10.2 Å². The number of hydrogen-bond acceptors (Lipinski definition) is 4. The van der Waals surface area contributed by atoms with Crippen LogP contribution in [0.15, 0.2) is 108 Å². The van der Waals surface area contributed by atoms with E-state index in [0.717, 1.165) is 23.3 Å². The molecular formula is C36H37ClF3N3O4S. The molecule has 4 aromatic carbocycles. The topological polar surface area (TPSA) is 86.8 Å². The van der Waals surface area contributed by atoms with Gasteiger partial charge in [-0.1, -0.05) is 97.7 Å². The zero-order valence-corrected chi connectivity index (χ0v) is 28.3. The summed E-state index contributed by atoms with van der Waals surface area (Å²) in [5.41, 5.74) is 0.549. The average Bonchev–Trinajstić information content (AvgIpc) is 3.05. The van der Waals surface area contributed by atoms with Crippen LogP contribution in [0.25, 0.3) is 0 Å². The zero-order chi connectivity index (χ0) is 35.1. The molecule has 0 fully saturated rings. The van der Waals surface area contributed by atoms with E-state index in [-0.39, 0.29) is 29.5 Å². The van der Waals surface area contributed by atoms with Crippen molar-refractivity contribution < 1.29 is 31.2 Å². The maximum Gasteiger partial charge on any atom is 0.416 e. The van der Waals surface area contributed by atoms with Crippen LogP contribution in [-0.2, 0) is 38.8 Å². The molecule has 7 nitrogen and oxygen atoms in total. The van der Waals surface area contributed by atoms with Gasteiger partial charge >= 0.3 is 6.18 Å². The maximum atomic E-state index is 14.5. The summed E-state index contributed by atoms with van der Waals surface area (Å²) < 4.78 is 70.3. The first-order chi connectivity index (χ1) is 22.7. The molecule has 0 heterocycles. The van der Waals surface area contributed by atoms with Crippen molar-refractivity contribution in [3.05, 3.63) is 130 Å². The van der Waals surface area contributed by atoms with Crippen molar-refractivity contribution in [3.63, 3.8) is 0 Å². The average molecular weight is 700 g/mol. The van der Waals surface area contributed by atoms with Crippen LogP contribution >= 0.6 is 11.6 Å². The van der Waals surface area contributed by atoms with Crippen molar-refractivity contribution >= 4 is 39.1 Å². The largest absolute Gasteiger partial charge is 0.416 e. The van der Waals surface area contributed by atoms with E-state index in [0.29, 0.717) is 27.5 Å². The number of aryl methyl sites for hydroxylation is 1. The van der Waals surface area contributed by atoms with Gasteiger partial charge in [-0.25, -0.2) is 8.42 Å². The molecule has 0 saturated heterocycles. The summed E-state index contributed by atoms with van der Waals surface area (Å²) in [5, 5.41) is 3.20. The first-order valence-corrected chi connectivity index (χ1v) is 17.1. The number of halogens is 4. The van der Waals surface area contributed by atoms with E-state index in [1.54, 1.807) is 67.6 Å². The molecule has 0 radical (unpaired) electrons. The van der Waals surface area contributed by atoms with E-state index in [4.69, 9.17) is 11.6 Å². The molecular weight excluding hydrogens is 663 g/mol. The number of amides is 2. The molecule has 1 atom stereocenters. The lowest BCUT2D eigenvalue weighted by molar-refractivity contribution is -0.140. The standard InChI is InChI=1S/C36H37ClF3N3O4S/c1-25(2)22-41-35(45)33(20-27-10-5-4-6-11-27)42(23-28-12-7-8-15-32(28)37)34(44)24-43(30-14-9-13-29(21-30)36(38,39)40)48(46,47)31-18-16-26(3)17-19-31/h4-19,21,25,33H,20,22-24H2,1-3H3,(H,41,45)/t33-/m1/s1. The summed E-state index contributed by atoms with van der Waals surface area (Å²) in [5.74, 6) is -1.20. The number of nitrogens with one attached hydrogen (secondary N) is 1. The van der Waals surface area contributed by atoms with Crippen LogP contribution in [0.4, 0.5) is 18.9 Å². The summed E-state index contributed by atoms with van der Waals surface area (Å²) in [6.45, 7) is 4.84. The fourth-order valence-corrected chi connectivity index (χ4v) is 6.59. The summed E-state index contributed by atoms with van der Waals surface area (Å²) in [6, 6.07) is 24.2. The number of carbonyl (C=O) groups excluding carboxylic acids is 2. The minimum atomic E-state index is -4.77. The van der Waals surface area contributed by atoms with Crippen LogP contribution in [0.1, 0.15) is 36.1 Å². The number of nitrogens with zero attached hydrogens (tertiary/aromatic N) is 2. The Balaban J connectivity index is 1.85. The third kappa shape index (κ3) is 9.38. The van der Waals surface area contributed by atoms with Crippen molar-refractivity contribution in [2.75, 3.05) is 17.4 Å². The van der Waals surface area contributed by atoms with Gasteiger partial charge in [-0.3, -0.25) is 13.9 Å². The quantitative estimate of drug-likeness (QED) is 0.159. The van der Waals surface area contributed by atoms with Gasteiger partial charge in [0.2, 0.25) is 11.8 Å². The van der Waals surface area contributed by atoms with Crippen molar-refractivity contribution in [1.82, 2.24) is 10.2 Å². The van der Waals surface area contributed by atoms with Gasteiger partial charge in [-0.15, -0.1) is 0 Å². The van der Waals surface area contributed by atoms with Crippen molar-refractivity contribution in [3.8, 4) is 0 Å². The Hall–Kier alpha value is -4.35. The van der Waals surface area contributed by atoms with Crippen molar-refractivity contribution in [2.24, 2.45) is 5.92 Å². The Morgan fingerprint density at radius 2 is 1.52 bits per heavy atom. The molecule has 0 aliphatic carbocycles. The number of rotatable bonds is 13. The molecule has 0 spiro atoms. The van der Waals surface area contributed by atoms with E-state index in [1.807, 2.05) is 19.9 Å². The van der Waals surface area contributed by atoms with Gasteiger partial charge in [-0.2, -0.15) is 13.2 Å². The van der Waals surface area contributed by atoms with Crippen molar-refractivity contribution in [2.45, 2.75) is 50.9 Å². The highest BCUT2D eigenvalue weighted by atomic mass is 35.5. The fraction of sp³-hybridized carbons (Fsp3) is 0.278. The molecule has 4 rings (SSSR count). The van der Waals surface area contributed by atoms with E-state index >= 15 is 0 Å². The van der Waals surface area contributed by atoms with Crippen molar-refractivity contribution in [1.29, 1.82) is 0 Å². The highest BCUT2D eigenvalue weighted by molar-refractivity contribution is 7.92. The molecule has 0 saturated carbocycles. The molecule has 2 amide bonds. The van der Waals surface area contributed by atoms with Gasteiger partial charge in [0.25, 0.3) is 10.0 Å². The second-order valence-electron chi connectivity index (χ2n) is 11.8. The van der Waals surface area contributed by atoms with Crippen LogP contribution in [0.2, 0.25) is 5.02 Å². The predicted molar refractivity (Wildman–Crippen MR) is 181 cm³/mol. The SMILES string of the molecule is Cc1ccc(S(=O)(=O)N(CC(=O)N(Cc2ccccc2Cl)[C@H](Cc2ccccc2)C(=O)NCC(C)C)c2cccc(C(F)(F)F)c2)cc1. The first-order valence-electron chi connectivity index (χ1n) is 15.3. The van der Waals surface area contributed by atoms with Crippen LogP contribution < -0.4 is 9.62 Å². The lowest BCUT2D eigenvalue weighted by Crippen LogP contribution is -2.53. The van der Waals surface area contributed by atoms with Crippen LogP contribution in [0.5, 0.6) is 0 Å². The molecule has 0 unspecified atom stereocenters. The lowest BCUT2D eigenvalue weighted by atomic mass is 10.0. The highest BCUT2D eigenvalue weighted by Gasteiger charge is 2.36. The number of carbonyl (C=O) groups is 2. The fourth-order valence-electron chi connectivity index (χ4n) is 4.99. The minimum absolute atomic E-state index is 0.0786. The first kappa shape index (κ1) is 36.5. The maximum absolute atomic E-state index is 14.5. The number of benzene rings is 4. The van der Waals surface area contributed by atoms with Gasteiger partial charge in [0.05, 0.1) is 16.1 Å². The molecule has 0 aliphatic heterocycles. The normalized spacial score (nSPS) is 12.4. The number of alkyl halides is 3. The predicted octanol–water partition coefficient (Wildman–Crippen LogP) is 7.27. The third-order valence-electron chi connectivity index (χ3n) is 7.60. The van der Waals surface area contributed by atoms with E-state index in [9.17, 15) is 31.2 Å². The Bertz CT molecular complexity index is 1820. The summed E-state index contributed by atoms with van der Waals surface area (Å²) >= 11 is 6.50. The van der Waals surface area contributed by atoms with Gasteiger partial charge in [-0.05, 0) is 60.4 Å². The number of sulfonamides is 1. The number of anilines is 1. The van der Waals surface area contributed by atoms with Crippen LogP contribution in [0, 0.1) is 12.8 Å². The lowest BCUT2D eigenvalue weighted by Gasteiger charge is -2.34. The number of hydrogen-bond donors (Lipinski definition) is 1. The molecule has 12 heteroatoms. The summed E-state index contributed by atoms with van der Waals surface area (Å²) in [7, 11) is -4.58. The molecule has 0 aromatic heterocycles. The summed E-state index contributed by atoms with van der Waals surface area (Å²) in [4.78, 5) is 29.4. The third-order valence-corrected chi connectivity index (χ3v) is 9.76. The molecule has 254 valence electrons. The monoisotopic (exact) mass is 699 g/mol. The summed E-state index contributed by atoms with van der Waals surface area (Å²) in [6.07, 6.45) is -4.69. The van der Waals surface area contributed by atoms with Crippen LogP contribution in [-0.4, -0.2) is 44.3 Å². The molecule has 0 bridgehead atoms. The Kier molecular flexibility index (Phi) is 11.9. The molecule has 0 aliphatic rings. The molecule has 1 N–H and O–H groups in total. The van der Waals surface area contributed by atoms with Crippen LogP contribution in [0.3, 0.4) is 0 Å². The molecule has 48 heavy (non-hydrogen) atoms. The van der Waals surface area contributed by atoms with E-state index in [2.05, 4.69) is 5.32 Å². The van der Waals surface area contributed by atoms with E-state index in [1.165, 1.54) is 23.1 Å². The zero-order valence-electron chi connectivity index (χ0n) is 26.7. The van der Waals surface area contributed by atoms with E-state index < -0.39 is 46.2 Å². The Labute approximate surface area is 284 Å². The van der Waals surface area contributed by atoms with Gasteiger partial charge in [0, 0.05) is 24.5 Å². The second kappa shape index (κ2) is 15.7. The highest BCUT2D eigenvalue weighted by Crippen LogP contribution is 2.33. The second-order valence-corrected chi connectivity index (χ2v) is 14.1. The molecule has 4 aromatic rings. The Morgan fingerprint density at radius 1 is 0.875 bits per heavy atom. The minimum Gasteiger partial charge on any atom is -0.354 e. The smallest absolute Gasteiger partial charge is 0.354 e. The van der Waals surface area contributed by atoms with Gasteiger partial charge in [0.15, 0.2) is 0 Å². The van der Waals surface area contributed by atoms with Gasteiger partial charge in [0.1, 0.15) is 12.6 Å².